The van der Waals surface area contributed by atoms with Crippen LogP contribution in [0.5, 0.6) is 5.88 Å². The number of aryl methyl sites for hydroxylation is 2. The number of aromatic amines is 2. The molecule has 8 heteroatoms. The molecule has 0 spiro atoms. The summed E-state index contributed by atoms with van der Waals surface area (Å²) in [5.74, 6) is 1.09. The number of nitrogens with zero attached hydrogens (tertiary/aromatic N) is 3. The normalized spacial score (nSPS) is 15.7. The molecule has 1 amide bonds. The number of carbonyl (C=O) groups is 1. The molecule has 0 atom stereocenters. The number of nitrogens with one attached hydrogen (secondary N) is 2. The summed E-state index contributed by atoms with van der Waals surface area (Å²) >= 11 is 0. The van der Waals surface area contributed by atoms with Crippen molar-refractivity contribution in [2.24, 2.45) is 0 Å². The van der Waals surface area contributed by atoms with Crippen LogP contribution >= 0.6 is 0 Å². The molecule has 1 fully saturated rings. The third-order valence-corrected chi connectivity index (χ3v) is 3.79. The van der Waals surface area contributed by atoms with Crippen LogP contribution in [0.1, 0.15) is 34.8 Å². The fourth-order valence-electron chi connectivity index (χ4n) is 2.71. The van der Waals surface area contributed by atoms with E-state index >= 15 is 0 Å². The molecule has 8 nitrogen and oxygen atoms in total. The minimum atomic E-state index is -0.374. The largest absolute Gasteiger partial charge is 0.474 e. The topological polar surface area (TPSA) is 104 Å². The summed E-state index contributed by atoms with van der Waals surface area (Å²) in [6.07, 6.45) is 2.88. The Bertz CT molecular complexity index is 738. The third kappa shape index (κ3) is 3.58. The molecule has 2 N–H and O–H groups in total. The minimum Gasteiger partial charge on any atom is -0.474 e. The smallest absolute Gasteiger partial charge is 0.323 e. The molecule has 3 rings (SSSR count). The molecule has 1 aliphatic rings. The minimum absolute atomic E-state index is 0.0259. The predicted octanol–water partition coefficient (Wildman–Crippen LogP) is 0.793. The zero-order chi connectivity index (χ0) is 16.4. The van der Waals surface area contributed by atoms with Crippen molar-refractivity contribution in [3.8, 4) is 5.88 Å². The molecule has 0 aliphatic carbocycles. The Morgan fingerprint density at radius 1 is 1.30 bits per heavy atom. The summed E-state index contributed by atoms with van der Waals surface area (Å²) in [5, 5.41) is 0. The second-order valence-electron chi connectivity index (χ2n) is 5.66. The molecule has 0 saturated carbocycles. The van der Waals surface area contributed by atoms with Crippen LogP contribution in [0.2, 0.25) is 0 Å². The van der Waals surface area contributed by atoms with Gasteiger partial charge in [0.1, 0.15) is 17.6 Å². The fourth-order valence-corrected chi connectivity index (χ4v) is 2.71. The lowest BCUT2D eigenvalue weighted by Gasteiger charge is -2.31. The average molecular weight is 317 g/mol. The molecule has 2 aromatic rings. The highest BCUT2D eigenvalue weighted by Crippen LogP contribution is 2.19. The number of aromatic nitrogens is 4. The highest BCUT2D eigenvalue weighted by atomic mass is 16.5. The lowest BCUT2D eigenvalue weighted by atomic mass is 10.1. The lowest BCUT2D eigenvalue weighted by molar-refractivity contribution is 0.0582. The zero-order valence-electron chi connectivity index (χ0n) is 13.1. The Morgan fingerprint density at radius 3 is 2.65 bits per heavy atom. The maximum absolute atomic E-state index is 12.2. The van der Waals surface area contributed by atoms with Crippen LogP contribution in [0.3, 0.4) is 0 Å². The number of rotatable bonds is 3. The van der Waals surface area contributed by atoms with Crippen LogP contribution in [0.4, 0.5) is 0 Å². The van der Waals surface area contributed by atoms with Crippen molar-refractivity contribution in [1.29, 1.82) is 0 Å². The molecule has 0 aromatic carbocycles. The van der Waals surface area contributed by atoms with Crippen LogP contribution < -0.4 is 10.4 Å². The van der Waals surface area contributed by atoms with E-state index in [1.807, 2.05) is 19.9 Å². The maximum atomic E-state index is 12.2. The van der Waals surface area contributed by atoms with Crippen molar-refractivity contribution in [2.45, 2.75) is 32.8 Å². The van der Waals surface area contributed by atoms with E-state index in [1.165, 1.54) is 6.20 Å². The summed E-state index contributed by atoms with van der Waals surface area (Å²) < 4.78 is 5.90. The van der Waals surface area contributed by atoms with Crippen LogP contribution in [-0.4, -0.2) is 49.9 Å². The third-order valence-electron chi connectivity index (χ3n) is 3.79. The summed E-state index contributed by atoms with van der Waals surface area (Å²) in [5.41, 5.74) is 0.786. The van der Waals surface area contributed by atoms with Crippen molar-refractivity contribution in [3.63, 3.8) is 0 Å². The summed E-state index contributed by atoms with van der Waals surface area (Å²) in [7, 11) is 0. The second kappa shape index (κ2) is 6.23. The monoisotopic (exact) mass is 317 g/mol. The first kappa shape index (κ1) is 15.3. The molecule has 1 aliphatic heterocycles. The summed E-state index contributed by atoms with van der Waals surface area (Å²) in [6, 6.07) is 1.81. The fraction of sp³-hybridized carbons (Fsp3) is 0.467. The standard InChI is InChI=1S/C15H19N5O3/c1-9-7-13(18-10(2)17-9)23-11-3-5-20(6-4-11)14(21)12-8-16-15(22)19-12/h7-8,11H,3-6H2,1-2H3,(H2,16,19,22). The van der Waals surface area contributed by atoms with Gasteiger partial charge in [0.05, 0.1) is 0 Å². The molecule has 122 valence electrons. The number of likely N-dealkylation sites (tertiary alicyclic amines) is 1. The first-order chi connectivity index (χ1) is 11.0. The Kier molecular flexibility index (Phi) is 4.14. The van der Waals surface area contributed by atoms with E-state index in [-0.39, 0.29) is 23.4 Å². The number of piperidine rings is 1. The van der Waals surface area contributed by atoms with Crippen LogP contribution in [0, 0.1) is 13.8 Å². The van der Waals surface area contributed by atoms with Gasteiger partial charge in [-0.05, 0) is 13.8 Å². The number of hydrogen-bond acceptors (Lipinski definition) is 5. The SMILES string of the molecule is Cc1cc(OC2CCN(C(=O)c3c[nH]c(=O)[nH]3)CC2)nc(C)n1. The average Bonchev–Trinajstić information content (AvgIpc) is 2.93. The van der Waals surface area contributed by atoms with E-state index in [9.17, 15) is 9.59 Å². The number of imidazole rings is 1. The van der Waals surface area contributed by atoms with E-state index in [0.29, 0.717) is 24.8 Å². The molecular formula is C15H19N5O3. The molecular weight excluding hydrogens is 298 g/mol. The molecule has 0 radical (unpaired) electrons. The van der Waals surface area contributed by atoms with Gasteiger partial charge in [0, 0.05) is 43.9 Å². The van der Waals surface area contributed by atoms with Gasteiger partial charge in [0.2, 0.25) is 5.88 Å². The Balaban J connectivity index is 1.58. The van der Waals surface area contributed by atoms with E-state index in [4.69, 9.17) is 4.74 Å². The van der Waals surface area contributed by atoms with Crippen LogP contribution in [-0.2, 0) is 0 Å². The van der Waals surface area contributed by atoms with Gasteiger partial charge in [-0.3, -0.25) is 4.79 Å². The number of H-pyrrole nitrogens is 2. The van der Waals surface area contributed by atoms with Gasteiger partial charge in [0.15, 0.2) is 0 Å². The Labute approximate surface area is 132 Å². The van der Waals surface area contributed by atoms with Crippen LogP contribution in [0.15, 0.2) is 17.1 Å². The van der Waals surface area contributed by atoms with Gasteiger partial charge in [0.25, 0.3) is 5.91 Å². The Morgan fingerprint density at radius 2 is 2.04 bits per heavy atom. The lowest BCUT2D eigenvalue weighted by Crippen LogP contribution is -2.42. The molecule has 0 bridgehead atoms. The molecule has 2 aromatic heterocycles. The molecule has 1 saturated heterocycles. The number of amides is 1. The number of carbonyl (C=O) groups excluding carboxylic acids is 1. The van der Waals surface area contributed by atoms with E-state index in [0.717, 1.165) is 18.5 Å². The first-order valence-corrected chi connectivity index (χ1v) is 7.57. The van der Waals surface area contributed by atoms with E-state index < -0.39 is 0 Å². The van der Waals surface area contributed by atoms with Gasteiger partial charge < -0.3 is 19.6 Å². The maximum Gasteiger partial charge on any atom is 0.323 e. The second-order valence-corrected chi connectivity index (χ2v) is 5.66. The first-order valence-electron chi connectivity index (χ1n) is 7.57. The van der Waals surface area contributed by atoms with Gasteiger partial charge in [-0.2, -0.15) is 4.98 Å². The van der Waals surface area contributed by atoms with E-state index in [2.05, 4.69) is 19.9 Å². The van der Waals surface area contributed by atoms with Crippen molar-refractivity contribution in [3.05, 3.63) is 40.0 Å². The van der Waals surface area contributed by atoms with Crippen molar-refractivity contribution in [2.75, 3.05) is 13.1 Å². The molecule has 3 heterocycles. The zero-order valence-corrected chi connectivity index (χ0v) is 13.1. The van der Waals surface area contributed by atoms with E-state index in [1.54, 1.807) is 4.90 Å². The van der Waals surface area contributed by atoms with Gasteiger partial charge in [-0.25, -0.2) is 9.78 Å². The summed E-state index contributed by atoms with van der Waals surface area (Å²) in [6.45, 7) is 4.90. The highest BCUT2D eigenvalue weighted by molar-refractivity contribution is 5.92. The Hall–Kier alpha value is -2.64. The number of ether oxygens (including phenoxy) is 1. The van der Waals surface area contributed by atoms with Gasteiger partial charge in [-0.1, -0.05) is 0 Å². The molecule has 23 heavy (non-hydrogen) atoms. The summed E-state index contributed by atoms with van der Waals surface area (Å²) in [4.78, 5) is 38.5. The van der Waals surface area contributed by atoms with Gasteiger partial charge >= 0.3 is 5.69 Å². The predicted molar refractivity (Wildman–Crippen MR) is 82.5 cm³/mol. The highest BCUT2D eigenvalue weighted by Gasteiger charge is 2.25. The van der Waals surface area contributed by atoms with Crippen molar-refractivity contribution < 1.29 is 9.53 Å². The molecule has 0 unspecified atom stereocenters. The van der Waals surface area contributed by atoms with Crippen molar-refractivity contribution >= 4 is 5.91 Å². The quantitative estimate of drug-likeness (QED) is 0.871. The number of hydrogen-bond donors (Lipinski definition) is 2. The van der Waals surface area contributed by atoms with Gasteiger partial charge in [-0.15, -0.1) is 0 Å². The van der Waals surface area contributed by atoms with Crippen molar-refractivity contribution in [1.82, 2.24) is 24.8 Å². The van der Waals surface area contributed by atoms with Crippen LogP contribution in [0.25, 0.3) is 0 Å².